The Labute approximate surface area is 248 Å². The molecule has 0 spiro atoms. The van der Waals surface area contributed by atoms with Gasteiger partial charge in [-0.15, -0.1) is 0 Å². The number of rotatable bonds is 13. The number of hydrogen-bond donors (Lipinski definition) is 1. The molecule has 0 amide bonds. The van der Waals surface area contributed by atoms with Crippen molar-refractivity contribution >= 4 is 42.8 Å². The van der Waals surface area contributed by atoms with Crippen LogP contribution in [0.4, 0.5) is 15.8 Å². The van der Waals surface area contributed by atoms with Crippen molar-refractivity contribution in [3.8, 4) is 23.5 Å². The largest absolute Gasteiger partial charge is 0.453 e. The average molecular weight is 579 g/mol. The molecule has 1 aliphatic heterocycles. The Hall–Kier alpha value is -3.54. The Morgan fingerprint density at radius 1 is 1.22 bits per heavy atom. The summed E-state index contributed by atoms with van der Waals surface area (Å²) in [6.07, 6.45) is 8.81. The van der Waals surface area contributed by atoms with Gasteiger partial charge in [0.05, 0.1) is 17.7 Å². The zero-order valence-electron chi connectivity index (χ0n) is 24.7. The first-order valence-electron chi connectivity index (χ1n) is 14.2. The molecular formula is C30H40BFN6O2S. The van der Waals surface area contributed by atoms with Crippen molar-refractivity contribution in [2.45, 2.75) is 59.1 Å². The molecule has 0 aliphatic carbocycles. The van der Waals surface area contributed by atoms with E-state index in [2.05, 4.69) is 15.7 Å². The van der Waals surface area contributed by atoms with Crippen LogP contribution in [0.1, 0.15) is 62.4 Å². The SMILES string of the molecule is CC.CCN(C)SNc1ccc(F)c(Oc2ccc(N=CN(C)CCCC3CCB(C#N)CC3)c(C=O)c2)c1C#N. The minimum Gasteiger partial charge on any atom is -0.453 e. The molecule has 0 bridgehead atoms. The molecule has 11 heteroatoms. The molecule has 1 aliphatic rings. The third-order valence-corrected chi connectivity index (χ3v) is 7.75. The van der Waals surface area contributed by atoms with Gasteiger partial charge in [0.15, 0.2) is 17.9 Å². The number of anilines is 1. The number of benzene rings is 2. The van der Waals surface area contributed by atoms with E-state index in [1.807, 2.05) is 50.1 Å². The summed E-state index contributed by atoms with van der Waals surface area (Å²) in [5.74, 6) is 2.40. The van der Waals surface area contributed by atoms with Crippen LogP contribution in [0.2, 0.25) is 12.6 Å². The molecule has 2 aromatic carbocycles. The van der Waals surface area contributed by atoms with Gasteiger partial charge in [-0.3, -0.25) is 4.79 Å². The first-order valence-corrected chi connectivity index (χ1v) is 14.9. The second-order valence-corrected chi connectivity index (χ2v) is 10.7. The summed E-state index contributed by atoms with van der Waals surface area (Å²) in [5, 5.41) is 18.7. The van der Waals surface area contributed by atoms with E-state index in [1.54, 1.807) is 18.5 Å². The van der Waals surface area contributed by atoms with Gasteiger partial charge in [-0.1, -0.05) is 46.3 Å². The van der Waals surface area contributed by atoms with Gasteiger partial charge < -0.3 is 14.4 Å². The van der Waals surface area contributed by atoms with E-state index >= 15 is 0 Å². The van der Waals surface area contributed by atoms with E-state index < -0.39 is 5.82 Å². The second-order valence-electron chi connectivity index (χ2n) is 9.70. The van der Waals surface area contributed by atoms with Gasteiger partial charge in [0.25, 0.3) is 6.71 Å². The van der Waals surface area contributed by atoms with Gasteiger partial charge in [-0.2, -0.15) is 5.26 Å². The molecule has 41 heavy (non-hydrogen) atoms. The highest BCUT2D eigenvalue weighted by atomic mass is 32.2. The normalized spacial score (nSPS) is 13.2. The maximum Gasteiger partial charge on any atom is 0.267 e. The lowest BCUT2D eigenvalue weighted by Gasteiger charge is -2.23. The lowest BCUT2D eigenvalue weighted by molar-refractivity contribution is 0.112. The first kappa shape index (κ1) is 33.7. The molecule has 0 atom stereocenters. The number of carbonyl (C=O) groups excluding carboxylic acids is 1. The van der Waals surface area contributed by atoms with Crippen LogP contribution in [0.25, 0.3) is 0 Å². The first-order chi connectivity index (χ1) is 19.9. The topological polar surface area (TPSA) is 105 Å². The molecular weight excluding hydrogens is 538 g/mol. The van der Waals surface area contributed by atoms with E-state index in [-0.39, 0.29) is 23.8 Å². The fourth-order valence-corrected chi connectivity index (χ4v) is 4.95. The van der Waals surface area contributed by atoms with Crippen molar-refractivity contribution in [1.29, 1.82) is 10.5 Å². The zero-order chi connectivity index (χ0) is 30.2. The third-order valence-electron chi connectivity index (χ3n) is 6.87. The summed E-state index contributed by atoms with van der Waals surface area (Å²) < 4.78 is 25.4. The van der Waals surface area contributed by atoms with Crippen LogP contribution < -0.4 is 9.46 Å². The number of ether oxygens (including phenoxy) is 1. The van der Waals surface area contributed by atoms with Crippen molar-refractivity contribution in [3.05, 3.63) is 47.3 Å². The van der Waals surface area contributed by atoms with Crippen molar-refractivity contribution in [2.24, 2.45) is 10.9 Å². The number of hydrogen-bond acceptors (Lipinski definition) is 8. The lowest BCUT2D eigenvalue weighted by Crippen LogP contribution is -2.22. The Morgan fingerprint density at radius 2 is 1.95 bits per heavy atom. The van der Waals surface area contributed by atoms with E-state index in [1.165, 1.54) is 30.3 Å². The van der Waals surface area contributed by atoms with Crippen LogP contribution in [-0.4, -0.2) is 55.7 Å². The molecule has 0 unspecified atom stereocenters. The highest BCUT2D eigenvalue weighted by Crippen LogP contribution is 2.35. The fraction of sp³-hybridized carbons (Fsp3) is 0.467. The highest BCUT2D eigenvalue weighted by Gasteiger charge is 2.23. The van der Waals surface area contributed by atoms with Crippen molar-refractivity contribution in [3.63, 3.8) is 0 Å². The van der Waals surface area contributed by atoms with Gasteiger partial charge in [-0.05, 0) is 56.1 Å². The highest BCUT2D eigenvalue weighted by molar-refractivity contribution is 7.98. The average Bonchev–Trinajstić information content (AvgIpc) is 3.01. The van der Waals surface area contributed by atoms with Crippen LogP contribution in [0.15, 0.2) is 35.3 Å². The second kappa shape index (κ2) is 18.0. The summed E-state index contributed by atoms with van der Waals surface area (Å²) >= 11 is 1.29. The molecule has 2 aromatic rings. The monoisotopic (exact) mass is 578 g/mol. The number of halogens is 1. The maximum absolute atomic E-state index is 14.7. The van der Waals surface area contributed by atoms with Crippen LogP contribution >= 0.6 is 12.1 Å². The van der Waals surface area contributed by atoms with Crippen molar-refractivity contribution < 1.29 is 13.9 Å². The van der Waals surface area contributed by atoms with Crippen LogP contribution in [0.5, 0.6) is 11.5 Å². The van der Waals surface area contributed by atoms with Gasteiger partial charge in [-0.25, -0.2) is 18.9 Å². The Morgan fingerprint density at radius 3 is 2.59 bits per heavy atom. The summed E-state index contributed by atoms with van der Waals surface area (Å²) in [6.45, 7) is 7.83. The lowest BCUT2D eigenvalue weighted by atomic mass is 9.41. The molecule has 3 rings (SSSR count). The Bertz CT molecular complexity index is 1240. The Kier molecular flexibility index (Phi) is 14.8. The predicted octanol–water partition coefficient (Wildman–Crippen LogP) is 7.59. The number of aldehydes is 1. The van der Waals surface area contributed by atoms with Crippen molar-refractivity contribution in [1.82, 2.24) is 9.21 Å². The van der Waals surface area contributed by atoms with Gasteiger partial charge >= 0.3 is 0 Å². The molecule has 8 nitrogen and oxygen atoms in total. The third kappa shape index (κ3) is 10.4. The minimum absolute atomic E-state index is 0.0292. The van der Waals surface area contributed by atoms with Gasteiger partial charge in [0, 0.05) is 43.8 Å². The number of nitrogens with one attached hydrogen (secondary N) is 1. The molecule has 1 N–H and O–H groups in total. The summed E-state index contributed by atoms with van der Waals surface area (Å²) in [7, 11) is 3.83. The quantitative estimate of drug-likeness (QED) is 0.0852. The predicted molar refractivity (Wildman–Crippen MR) is 168 cm³/mol. The number of carbonyl (C=O) groups is 1. The number of nitriles is 2. The maximum atomic E-state index is 14.7. The molecule has 0 saturated carbocycles. The van der Waals surface area contributed by atoms with E-state index in [4.69, 9.17) is 10.00 Å². The van der Waals surface area contributed by atoms with E-state index in [0.29, 0.717) is 29.1 Å². The molecule has 1 saturated heterocycles. The molecule has 1 heterocycles. The molecule has 0 radical (unpaired) electrons. The summed E-state index contributed by atoms with van der Waals surface area (Å²) in [5.41, 5.74) is 1.21. The van der Waals surface area contributed by atoms with Crippen LogP contribution in [0.3, 0.4) is 0 Å². The Balaban J connectivity index is 0.00000287. The van der Waals surface area contributed by atoms with E-state index in [0.717, 1.165) is 51.4 Å². The van der Waals surface area contributed by atoms with Gasteiger partial charge in [0.1, 0.15) is 17.4 Å². The van der Waals surface area contributed by atoms with E-state index in [9.17, 15) is 14.4 Å². The minimum atomic E-state index is -0.680. The summed E-state index contributed by atoms with van der Waals surface area (Å²) in [6, 6.07) is 9.44. The number of aliphatic imine (C=N–C) groups is 1. The van der Waals surface area contributed by atoms with Gasteiger partial charge in [0.2, 0.25) is 0 Å². The molecule has 218 valence electrons. The summed E-state index contributed by atoms with van der Waals surface area (Å²) in [4.78, 5) is 18.2. The van der Waals surface area contributed by atoms with Crippen molar-refractivity contribution in [2.75, 3.05) is 31.9 Å². The number of nitrogens with zero attached hydrogens (tertiary/aromatic N) is 5. The zero-order valence-corrected chi connectivity index (χ0v) is 25.5. The van der Waals surface area contributed by atoms with Crippen LogP contribution in [0, 0.1) is 34.3 Å². The molecule has 0 aromatic heterocycles. The fourth-order valence-electron chi connectivity index (χ4n) is 4.40. The smallest absolute Gasteiger partial charge is 0.267 e. The standard InChI is InChI=1S/C28H34BFN6O2S.C2H6/c1-4-36(3)39-34-27-10-8-25(30)28(24(27)17-31)38-23-7-9-26(22(16-23)18-37)33-20-35(2)15-5-6-21-11-13-29(19-32)14-12-21;1-2/h7-10,16,18,20-21,34H,4-6,11-15H2,1-3H3;1-2H3. The van der Waals surface area contributed by atoms with Crippen LogP contribution in [-0.2, 0) is 0 Å². The molecule has 1 fully saturated rings.